The molecular formula is C8H7NO4S. The molecule has 1 unspecified atom stereocenters. The van der Waals surface area contributed by atoms with Crippen molar-refractivity contribution in [2.75, 3.05) is 11.9 Å². The highest BCUT2D eigenvalue weighted by atomic mass is 32.2. The highest BCUT2D eigenvalue weighted by molar-refractivity contribution is 7.79. The van der Waals surface area contributed by atoms with Gasteiger partial charge in [-0.15, -0.1) is 0 Å². The first-order chi connectivity index (χ1) is 6.66. The summed E-state index contributed by atoms with van der Waals surface area (Å²) < 4.78 is 24.6. The Morgan fingerprint density at radius 1 is 1.50 bits per heavy atom. The Morgan fingerprint density at radius 3 is 3.00 bits per heavy atom. The van der Waals surface area contributed by atoms with Crippen LogP contribution in [0.1, 0.15) is 0 Å². The van der Waals surface area contributed by atoms with Gasteiger partial charge in [0.1, 0.15) is 5.75 Å². The lowest BCUT2D eigenvalue weighted by Gasteiger charge is -2.17. The zero-order valence-electron chi connectivity index (χ0n) is 7.02. The second kappa shape index (κ2) is 3.39. The summed E-state index contributed by atoms with van der Waals surface area (Å²) in [6, 6.07) is 4.44. The molecule has 1 aromatic carbocycles. The molecule has 1 heterocycles. The van der Waals surface area contributed by atoms with Gasteiger partial charge in [-0.25, -0.2) is 4.21 Å². The number of hydrogen-bond acceptors (Lipinski definition) is 3. The Balaban J connectivity index is 2.41. The number of ether oxygens (including phenoxy) is 1. The number of fused-ring (bicyclic) bond motifs is 1. The van der Waals surface area contributed by atoms with Gasteiger partial charge in [-0.05, 0) is 12.1 Å². The first kappa shape index (κ1) is 9.17. The van der Waals surface area contributed by atoms with E-state index in [9.17, 15) is 9.00 Å². The summed E-state index contributed by atoms with van der Waals surface area (Å²) in [5, 5.41) is 2.58. The SMILES string of the molecule is O=C1COc2cc(S(=O)O)ccc2N1. The van der Waals surface area contributed by atoms with Crippen LogP contribution in [0.4, 0.5) is 5.69 Å². The Bertz CT molecular complexity index is 418. The Hall–Kier alpha value is -1.40. The van der Waals surface area contributed by atoms with Crippen LogP contribution in [-0.4, -0.2) is 21.3 Å². The number of carbonyl (C=O) groups excluding carboxylic acids is 1. The third-order valence-electron chi connectivity index (χ3n) is 1.79. The van der Waals surface area contributed by atoms with E-state index < -0.39 is 11.1 Å². The van der Waals surface area contributed by atoms with E-state index in [1.807, 2.05) is 0 Å². The number of anilines is 1. The zero-order valence-corrected chi connectivity index (χ0v) is 7.84. The van der Waals surface area contributed by atoms with Gasteiger partial charge in [-0.1, -0.05) is 0 Å². The highest BCUT2D eigenvalue weighted by Gasteiger charge is 2.16. The van der Waals surface area contributed by atoms with Gasteiger partial charge < -0.3 is 14.6 Å². The van der Waals surface area contributed by atoms with Crippen molar-refractivity contribution < 1.29 is 18.3 Å². The van der Waals surface area contributed by atoms with Crippen LogP contribution in [0.2, 0.25) is 0 Å². The van der Waals surface area contributed by atoms with Crippen molar-refractivity contribution >= 4 is 22.7 Å². The minimum Gasteiger partial charge on any atom is -0.482 e. The topological polar surface area (TPSA) is 75.6 Å². The van der Waals surface area contributed by atoms with E-state index >= 15 is 0 Å². The molecule has 2 rings (SSSR count). The van der Waals surface area contributed by atoms with E-state index in [2.05, 4.69) is 5.32 Å². The fourth-order valence-corrected chi connectivity index (χ4v) is 1.56. The fourth-order valence-electron chi connectivity index (χ4n) is 1.16. The van der Waals surface area contributed by atoms with Gasteiger partial charge in [0.05, 0.1) is 10.6 Å². The predicted octanol–water partition coefficient (Wildman–Crippen LogP) is 0.598. The summed E-state index contributed by atoms with van der Waals surface area (Å²) in [5.74, 6) is 0.194. The molecule has 74 valence electrons. The summed E-state index contributed by atoms with van der Waals surface area (Å²) in [6.07, 6.45) is 0. The Morgan fingerprint density at radius 2 is 2.29 bits per heavy atom. The third-order valence-corrected chi connectivity index (χ3v) is 2.44. The van der Waals surface area contributed by atoms with Crippen molar-refractivity contribution in [3.8, 4) is 5.75 Å². The van der Waals surface area contributed by atoms with E-state index in [0.717, 1.165) is 0 Å². The molecule has 14 heavy (non-hydrogen) atoms. The molecule has 0 spiro atoms. The third kappa shape index (κ3) is 1.61. The van der Waals surface area contributed by atoms with Gasteiger partial charge >= 0.3 is 0 Å². The van der Waals surface area contributed by atoms with Crippen LogP contribution in [0.25, 0.3) is 0 Å². The van der Waals surface area contributed by atoms with Crippen molar-refractivity contribution in [2.45, 2.75) is 4.90 Å². The van der Waals surface area contributed by atoms with E-state index in [-0.39, 0.29) is 17.4 Å². The van der Waals surface area contributed by atoms with Gasteiger partial charge in [-0.2, -0.15) is 0 Å². The largest absolute Gasteiger partial charge is 0.482 e. The van der Waals surface area contributed by atoms with Crippen LogP contribution in [0, 0.1) is 0 Å². The molecule has 0 bridgehead atoms. The molecule has 1 amide bonds. The highest BCUT2D eigenvalue weighted by Crippen LogP contribution is 2.29. The molecule has 1 atom stereocenters. The first-order valence-electron chi connectivity index (χ1n) is 3.84. The standard InChI is InChI=1S/C8H7NO4S/c10-8-4-13-7-3-5(14(11)12)1-2-6(7)9-8/h1-3H,4H2,(H,9,10)(H,11,12). The van der Waals surface area contributed by atoms with Gasteiger partial charge in [0.15, 0.2) is 17.7 Å². The van der Waals surface area contributed by atoms with Crippen LogP contribution in [0.5, 0.6) is 5.75 Å². The predicted molar refractivity (Wildman–Crippen MR) is 49.6 cm³/mol. The molecule has 1 aromatic rings. The van der Waals surface area contributed by atoms with Crippen LogP contribution < -0.4 is 10.1 Å². The van der Waals surface area contributed by atoms with E-state index in [1.165, 1.54) is 18.2 Å². The smallest absolute Gasteiger partial charge is 0.262 e. The average Bonchev–Trinajstić information content (AvgIpc) is 2.16. The lowest BCUT2D eigenvalue weighted by atomic mass is 10.2. The molecule has 0 aromatic heterocycles. The minimum absolute atomic E-state index is 0.0610. The van der Waals surface area contributed by atoms with Crippen molar-refractivity contribution in [3.05, 3.63) is 18.2 Å². The summed E-state index contributed by atoms with van der Waals surface area (Å²) in [7, 11) is 0. The maximum Gasteiger partial charge on any atom is 0.262 e. The number of carbonyl (C=O) groups is 1. The number of rotatable bonds is 1. The zero-order chi connectivity index (χ0) is 10.1. The van der Waals surface area contributed by atoms with Crippen LogP contribution >= 0.6 is 0 Å². The second-order valence-corrected chi connectivity index (χ2v) is 3.71. The summed E-state index contributed by atoms with van der Waals surface area (Å²) in [6.45, 7) is -0.0610. The van der Waals surface area contributed by atoms with Crippen molar-refractivity contribution in [1.29, 1.82) is 0 Å². The van der Waals surface area contributed by atoms with Crippen molar-refractivity contribution in [2.24, 2.45) is 0 Å². The molecule has 0 saturated heterocycles. The molecular weight excluding hydrogens is 206 g/mol. The van der Waals surface area contributed by atoms with Crippen molar-refractivity contribution in [1.82, 2.24) is 0 Å². The molecule has 0 saturated carbocycles. The summed E-state index contributed by atoms with van der Waals surface area (Å²) >= 11 is -2.03. The normalized spacial score (nSPS) is 16.5. The lowest BCUT2D eigenvalue weighted by molar-refractivity contribution is -0.118. The molecule has 2 N–H and O–H groups in total. The maximum atomic E-state index is 10.9. The lowest BCUT2D eigenvalue weighted by Crippen LogP contribution is -2.25. The maximum absolute atomic E-state index is 10.9. The number of nitrogens with one attached hydrogen (secondary N) is 1. The summed E-state index contributed by atoms with van der Waals surface area (Å²) in [4.78, 5) is 11.1. The molecule has 6 heteroatoms. The molecule has 0 aliphatic carbocycles. The van der Waals surface area contributed by atoms with Crippen LogP contribution in [0.15, 0.2) is 23.1 Å². The Kier molecular flexibility index (Phi) is 2.22. The van der Waals surface area contributed by atoms with Crippen LogP contribution in [-0.2, 0) is 15.9 Å². The minimum atomic E-state index is -2.03. The van der Waals surface area contributed by atoms with Gasteiger partial charge in [-0.3, -0.25) is 4.79 Å². The van der Waals surface area contributed by atoms with Gasteiger partial charge in [0.2, 0.25) is 0 Å². The summed E-state index contributed by atoms with van der Waals surface area (Å²) in [5.41, 5.74) is 0.524. The molecule has 0 radical (unpaired) electrons. The molecule has 1 aliphatic heterocycles. The molecule has 0 fully saturated rings. The van der Waals surface area contributed by atoms with Crippen LogP contribution in [0.3, 0.4) is 0 Å². The quantitative estimate of drug-likeness (QED) is 0.670. The van der Waals surface area contributed by atoms with Crippen molar-refractivity contribution in [3.63, 3.8) is 0 Å². The second-order valence-electron chi connectivity index (χ2n) is 2.74. The first-order valence-corrected chi connectivity index (χ1v) is 4.95. The number of benzene rings is 1. The average molecular weight is 213 g/mol. The monoisotopic (exact) mass is 213 g/mol. The Labute approximate surface area is 82.4 Å². The van der Waals surface area contributed by atoms with E-state index in [4.69, 9.17) is 9.29 Å². The number of amides is 1. The fraction of sp³-hybridized carbons (Fsp3) is 0.125. The van der Waals surface area contributed by atoms with Gasteiger partial charge in [0.25, 0.3) is 5.91 Å². The molecule has 5 nitrogen and oxygen atoms in total. The van der Waals surface area contributed by atoms with E-state index in [0.29, 0.717) is 11.4 Å². The van der Waals surface area contributed by atoms with E-state index in [1.54, 1.807) is 0 Å². The van der Waals surface area contributed by atoms with Gasteiger partial charge in [0, 0.05) is 6.07 Å². The molecule has 1 aliphatic rings. The number of hydrogen-bond donors (Lipinski definition) is 2.